The smallest absolute Gasteiger partial charge is 0.287 e. The summed E-state index contributed by atoms with van der Waals surface area (Å²) in [4.78, 5) is 40.8. The van der Waals surface area contributed by atoms with Gasteiger partial charge in [-0.25, -0.2) is 0 Å². The van der Waals surface area contributed by atoms with Crippen molar-refractivity contribution in [3.63, 3.8) is 0 Å². The van der Waals surface area contributed by atoms with Gasteiger partial charge in [0, 0.05) is 12.6 Å². The highest BCUT2D eigenvalue weighted by Crippen LogP contribution is 2.27. The maximum absolute atomic E-state index is 13.6. The number of unbranched alkanes of at least 4 members (excludes halogenated alkanes) is 1. The highest BCUT2D eigenvalue weighted by atomic mass is 16.5. The van der Waals surface area contributed by atoms with Crippen LogP contribution in [0.2, 0.25) is 0 Å². The molecule has 0 bridgehead atoms. The molecule has 0 radical (unpaired) electrons. The summed E-state index contributed by atoms with van der Waals surface area (Å²) in [5, 5.41) is 5.79. The van der Waals surface area contributed by atoms with Crippen molar-refractivity contribution in [3.8, 4) is 5.75 Å². The van der Waals surface area contributed by atoms with Gasteiger partial charge in [-0.3, -0.25) is 14.4 Å². The van der Waals surface area contributed by atoms with E-state index in [0.717, 1.165) is 38.5 Å². The fraction of sp³-hybridized carbons (Fsp3) is 0.500. The minimum Gasteiger partial charge on any atom is -0.497 e. The van der Waals surface area contributed by atoms with Crippen LogP contribution in [-0.2, 0) is 9.59 Å². The average Bonchev–Trinajstić information content (AvgIpc) is 3.40. The van der Waals surface area contributed by atoms with E-state index in [9.17, 15) is 14.4 Å². The lowest BCUT2D eigenvalue weighted by atomic mass is 9.94. The summed E-state index contributed by atoms with van der Waals surface area (Å²) in [7, 11) is 1.57. The predicted molar refractivity (Wildman–Crippen MR) is 128 cm³/mol. The zero-order valence-corrected chi connectivity index (χ0v) is 20.0. The zero-order valence-electron chi connectivity index (χ0n) is 20.0. The summed E-state index contributed by atoms with van der Waals surface area (Å²) >= 11 is 0. The van der Waals surface area contributed by atoms with Crippen LogP contribution in [0.4, 0.5) is 0 Å². The van der Waals surface area contributed by atoms with E-state index in [0.29, 0.717) is 17.9 Å². The second kappa shape index (κ2) is 12.8. The van der Waals surface area contributed by atoms with E-state index in [1.807, 2.05) is 19.1 Å². The molecule has 34 heavy (non-hydrogen) atoms. The molecule has 8 nitrogen and oxygen atoms in total. The molecule has 1 aromatic carbocycles. The van der Waals surface area contributed by atoms with Crippen LogP contribution < -0.4 is 15.4 Å². The number of methoxy groups -OCH3 is 1. The molecule has 1 aliphatic rings. The van der Waals surface area contributed by atoms with Crippen LogP contribution >= 0.6 is 0 Å². The molecule has 1 aliphatic carbocycles. The van der Waals surface area contributed by atoms with Crippen LogP contribution in [0.1, 0.15) is 74.0 Å². The van der Waals surface area contributed by atoms with Gasteiger partial charge in [0.25, 0.3) is 5.91 Å². The van der Waals surface area contributed by atoms with Crippen LogP contribution in [0.5, 0.6) is 5.75 Å². The van der Waals surface area contributed by atoms with E-state index in [1.54, 1.807) is 30.2 Å². The molecule has 1 aromatic heterocycles. The molecule has 1 saturated carbocycles. The second-order valence-electron chi connectivity index (χ2n) is 8.62. The molecular weight excluding hydrogens is 434 g/mol. The largest absolute Gasteiger partial charge is 0.497 e. The molecule has 2 aromatic rings. The van der Waals surface area contributed by atoms with Crippen molar-refractivity contribution in [1.29, 1.82) is 0 Å². The van der Waals surface area contributed by atoms with E-state index >= 15 is 0 Å². The summed E-state index contributed by atoms with van der Waals surface area (Å²) in [6.45, 7) is 2.19. The summed E-state index contributed by atoms with van der Waals surface area (Å²) in [6.07, 6.45) is 8.24. The zero-order chi connectivity index (χ0) is 24.3. The Morgan fingerprint density at radius 1 is 1.15 bits per heavy atom. The summed E-state index contributed by atoms with van der Waals surface area (Å²) < 4.78 is 10.5. The van der Waals surface area contributed by atoms with Crippen molar-refractivity contribution in [3.05, 3.63) is 54.0 Å². The lowest BCUT2D eigenvalue weighted by Crippen LogP contribution is -2.49. The quantitative estimate of drug-likeness (QED) is 0.521. The molecule has 184 valence electrons. The molecular formula is C26H35N3O5. The number of benzene rings is 1. The Kier molecular flexibility index (Phi) is 9.55. The first-order chi connectivity index (χ1) is 16.5. The molecule has 8 heteroatoms. The van der Waals surface area contributed by atoms with Gasteiger partial charge in [-0.1, -0.05) is 44.7 Å². The Balaban J connectivity index is 1.84. The number of furan rings is 1. The number of hydrogen-bond acceptors (Lipinski definition) is 5. The Morgan fingerprint density at radius 3 is 2.62 bits per heavy atom. The van der Waals surface area contributed by atoms with Crippen LogP contribution in [0, 0.1) is 0 Å². The fourth-order valence-corrected chi connectivity index (χ4v) is 4.29. The number of hydrogen-bond donors (Lipinski definition) is 2. The molecule has 0 saturated heterocycles. The number of nitrogens with zero attached hydrogens (tertiary/aromatic N) is 1. The minimum atomic E-state index is -0.823. The molecule has 2 N–H and O–H groups in total. The molecule has 3 amide bonds. The second-order valence-corrected chi connectivity index (χ2v) is 8.62. The monoisotopic (exact) mass is 469 g/mol. The summed E-state index contributed by atoms with van der Waals surface area (Å²) in [6, 6.07) is 9.68. The molecule has 1 fully saturated rings. The highest BCUT2D eigenvalue weighted by molar-refractivity contribution is 5.95. The lowest BCUT2D eigenvalue weighted by molar-refractivity contribution is -0.140. The number of carbonyl (C=O) groups is 3. The van der Waals surface area contributed by atoms with Gasteiger partial charge in [0.1, 0.15) is 11.8 Å². The van der Waals surface area contributed by atoms with Gasteiger partial charge in [0.2, 0.25) is 11.8 Å². The topological polar surface area (TPSA) is 101 Å². The number of amides is 3. The Morgan fingerprint density at radius 2 is 1.94 bits per heavy atom. The van der Waals surface area contributed by atoms with Gasteiger partial charge < -0.3 is 24.7 Å². The van der Waals surface area contributed by atoms with Crippen LogP contribution in [0.25, 0.3) is 0 Å². The summed E-state index contributed by atoms with van der Waals surface area (Å²) in [5.41, 5.74) is 0.675. The molecule has 1 heterocycles. The van der Waals surface area contributed by atoms with Crippen molar-refractivity contribution >= 4 is 17.7 Å². The third-order valence-electron chi connectivity index (χ3n) is 6.14. The molecule has 3 rings (SSSR count). The highest BCUT2D eigenvalue weighted by Gasteiger charge is 2.33. The Bertz CT molecular complexity index is 938. The molecule has 0 spiro atoms. The Hall–Kier alpha value is -3.29. The van der Waals surface area contributed by atoms with Gasteiger partial charge in [-0.2, -0.15) is 0 Å². The van der Waals surface area contributed by atoms with Gasteiger partial charge in [0.05, 0.1) is 19.9 Å². The summed E-state index contributed by atoms with van der Waals surface area (Å²) in [5.74, 6) is -0.269. The third kappa shape index (κ3) is 6.85. The predicted octanol–water partition coefficient (Wildman–Crippen LogP) is 3.84. The van der Waals surface area contributed by atoms with Gasteiger partial charge in [-0.15, -0.1) is 0 Å². The maximum atomic E-state index is 13.6. The number of rotatable bonds is 11. The van der Waals surface area contributed by atoms with E-state index in [4.69, 9.17) is 9.15 Å². The van der Waals surface area contributed by atoms with Crippen molar-refractivity contribution in [2.45, 2.75) is 64.0 Å². The van der Waals surface area contributed by atoms with E-state index in [2.05, 4.69) is 10.6 Å². The van der Waals surface area contributed by atoms with Crippen molar-refractivity contribution in [2.75, 3.05) is 20.2 Å². The van der Waals surface area contributed by atoms with Gasteiger partial charge in [-0.05, 0) is 49.1 Å². The van der Waals surface area contributed by atoms with E-state index in [-0.39, 0.29) is 30.2 Å². The van der Waals surface area contributed by atoms with Gasteiger partial charge in [0.15, 0.2) is 5.76 Å². The van der Waals surface area contributed by atoms with Crippen molar-refractivity contribution in [1.82, 2.24) is 15.5 Å². The van der Waals surface area contributed by atoms with Crippen LogP contribution in [0.3, 0.4) is 0 Å². The van der Waals surface area contributed by atoms with Crippen LogP contribution in [0.15, 0.2) is 47.1 Å². The number of ether oxygens (including phenoxy) is 1. The van der Waals surface area contributed by atoms with Crippen molar-refractivity contribution < 1.29 is 23.5 Å². The molecule has 0 aliphatic heterocycles. The SMILES string of the molecule is CCCCN(C(=O)CNC(=O)c1ccco1)[C@H](C(=O)NC1CCCCC1)c1cccc(OC)c1. The fourth-order valence-electron chi connectivity index (χ4n) is 4.29. The minimum absolute atomic E-state index is 0.108. The first kappa shape index (κ1) is 25.3. The van der Waals surface area contributed by atoms with E-state index in [1.165, 1.54) is 18.8 Å². The molecule has 1 atom stereocenters. The Labute approximate surface area is 201 Å². The standard InChI is InChI=1S/C26H35N3O5/c1-3-4-15-29(23(30)18-27-25(31)22-14-9-16-34-22)24(19-10-8-13-21(17-19)33-2)26(32)28-20-11-6-5-7-12-20/h8-10,13-14,16-17,20,24H,3-7,11-12,15,18H2,1-2H3,(H,27,31)(H,28,32)/t24-/m0/s1. The average molecular weight is 470 g/mol. The lowest BCUT2D eigenvalue weighted by Gasteiger charge is -2.33. The van der Waals surface area contributed by atoms with Crippen LogP contribution in [-0.4, -0.2) is 48.9 Å². The first-order valence-corrected chi connectivity index (χ1v) is 12.1. The third-order valence-corrected chi connectivity index (χ3v) is 6.14. The number of nitrogens with one attached hydrogen (secondary N) is 2. The van der Waals surface area contributed by atoms with Gasteiger partial charge >= 0.3 is 0 Å². The van der Waals surface area contributed by atoms with Crippen molar-refractivity contribution in [2.24, 2.45) is 0 Å². The molecule has 0 unspecified atom stereocenters. The maximum Gasteiger partial charge on any atom is 0.287 e. The van der Waals surface area contributed by atoms with E-state index < -0.39 is 11.9 Å². The normalized spacial score (nSPS) is 14.8. The first-order valence-electron chi connectivity index (χ1n) is 12.1. The number of carbonyl (C=O) groups excluding carboxylic acids is 3.